The van der Waals surface area contributed by atoms with E-state index in [4.69, 9.17) is 23.2 Å². The number of allylic oxidation sites excluding steroid dienone is 4. The third kappa shape index (κ3) is 2.93. The van der Waals surface area contributed by atoms with Gasteiger partial charge in [0.1, 0.15) is 12.1 Å². The Morgan fingerprint density at radius 1 is 1.26 bits per heavy atom. The van der Waals surface area contributed by atoms with E-state index >= 15 is 0 Å². The van der Waals surface area contributed by atoms with Gasteiger partial charge >= 0.3 is 0 Å². The molecule has 0 aromatic heterocycles. The van der Waals surface area contributed by atoms with Gasteiger partial charge in [0, 0.05) is 5.02 Å². The van der Waals surface area contributed by atoms with Crippen molar-refractivity contribution in [3.63, 3.8) is 0 Å². The molecule has 3 nitrogen and oxygen atoms in total. The summed E-state index contributed by atoms with van der Waals surface area (Å²) < 4.78 is 0. The Hall–Kier alpha value is -1.89. The standard InChI is InChI=1S/C14H8Cl2N2O/c15-11-4-1-9(2-5-11)12(8-17)10-3-6-14(18-19)13(16)7-10/h1-7,14H/b12-10+. The molecule has 0 spiro atoms. The number of nitroso groups, excluding NO2 is 1. The molecule has 0 saturated heterocycles. The molecule has 0 amide bonds. The molecule has 1 unspecified atom stereocenters. The third-order valence-electron chi connectivity index (χ3n) is 2.68. The number of rotatable bonds is 2. The van der Waals surface area contributed by atoms with E-state index < -0.39 is 6.04 Å². The van der Waals surface area contributed by atoms with Gasteiger partial charge in [-0.1, -0.05) is 52.7 Å². The van der Waals surface area contributed by atoms with Crippen LogP contribution in [0.5, 0.6) is 0 Å². The highest BCUT2D eigenvalue weighted by Gasteiger charge is 2.16. The second kappa shape index (κ2) is 5.83. The van der Waals surface area contributed by atoms with Crippen molar-refractivity contribution < 1.29 is 0 Å². The zero-order valence-electron chi connectivity index (χ0n) is 9.68. The summed E-state index contributed by atoms with van der Waals surface area (Å²) in [6, 6.07) is 8.40. The van der Waals surface area contributed by atoms with Crippen molar-refractivity contribution in [1.29, 1.82) is 5.26 Å². The minimum absolute atomic E-state index is 0.300. The average Bonchev–Trinajstić information content (AvgIpc) is 2.42. The Morgan fingerprint density at radius 3 is 2.47 bits per heavy atom. The topological polar surface area (TPSA) is 53.2 Å². The summed E-state index contributed by atoms with van der Waals surface area (Å²) in [6.45, 7) is 0. The van der Waals surface area contributed by atoms with Crippen molar-refractivity contribution in [2.24, 2.45) is 5.18 Å². The smallest absolute Gasteiger partial charge is 0.146 e. The van der Waals surface area contributed by atoms with Gasteiger partial charge in [0.05, 0.1) is 10.6 Å². The maximum absolute atomic E-state index is 10.5. The second-order valence-corrected chi connectivity index (χ2v) is 4.76. The van der Waals surface area contributed by atoms with Crippen molar-refractivity contribution in [3.8, 4) is 6.07 Å². The van der Waals surface area contributed by atoms with Crippen molar-refractivity contribution in [3.05, 3.63) is 68.6 Å². The number of nitrogens with zero attached hydrogens (tertiary/aromatic N) is 2. The fourth-order valence-corrected chi connectivity index (χ4v) is 2.08. The molecule has 1 atom stereocenters. The molecule has 0 N–H and O–H groups in total. The van der Waals surface area contributed by atoms with Crippen molar-refractivity contribution >= 4 is 28.8 Å². The predicted octanol–water partition coefficient (Wildman–Crippen LogP) is 4.44. The maximum Gasteiger partial charge on any atom is 0.146 e. The first-order chi connectivity index (χ1) is 9.15. The predicted molar refractivity (Wildman–Crippen MR) is 76.6 cm³/mol. The van der Waals surface area contributed by atoms with Crippen LogP contribution in [0.1, 0.15) is 5.56 Å². The summed E-state index contributed by atoms with van der Waals surface area (Å²) in [5, 5.41) is 13.1. The summed E-state index contributed by atoms with van der Waals surface area (Å²) in [4.78, 5) is 10.5. The Balaban J connectivity index is 2.48. The lowest BCUT2D eigenvalue weighted by Gasteiger charge is -2.11. The lowest BCUT2D eigenvalue weighted by atomic mass is 9.97. The SMILES string of the molecule is N#C/C(=C1/C=CC(N=O)C(Cl)=C1)c1ccc(Cl)cc1. The maximum atomic E-state index is 10.5. The van der Waals surface area contributed by atoms with Crippen LogP contribution in [-0.4, -0.2) is 6.04 Å². The van der Waals surface area contributed by atoms with E-state index in [0.29, 0.717) is 21.2 Å². The molecule has 0 bridgehead atoms. The van der Waals surface area contributed by atoms with Crippen LogP contribution in [0.3, 0.4) is 0 Å². The molecule has 1 aliphatic rings. The van der Waals surface area contributed by atoms with E-state index in [1.807, 2.05) is 0 Å². The van der Waals surface area contributed by atoms with Gasteiger partial charge in [0.15, 0.2) is 0 Å². The highest BCUT2D eigenvalue weighted by atomic mass is 35.5. The molecule has 5 heteroatoms. The fourth-order valence-electron chi connectivity index (χ4n) is 1.72. The van der Waals surface area contributed by atoms with E-state index in [-0.39, 0.29) is 0 Å². The summed E-state index contributed by atoms with van der Waals surface area (Å²) >= 11 is 11.8. The summed E-state index contributed by atoms with van der Waals surface area (Å²) in [6.07, 6.45) is 4.82. The summed E-state index contributed by atoms with van der Waals surface area (Å²) in [5.41, 5.74) is 1.86. The van der Waals surface area contributed by atoms with Gasteiger partial charge in [0.25, 0.3) is 0 Å². The first-order valence-electron chi connectivity index (χ1n) is 5.44. The molecular weight excluding hydrogens is 283 g/mol. The molecule has 0 saturated carbocycles. The third-order valence-corrected chi connectivity index (χ3v) is 3.27. The van der Waals surface area contributed by atoms with Gasteiger partial charge in [-0.15, -0.1) is 4.91 Å². The number of benzene rings is 1. The molecule has 19 heavy (non-hydrogen) atoms. The lowest BCUT2D eigenvalue weighted by Crippen LogP contribution is -2.04. The summed E-state index contributed by atoms with van der Waals surface area (Å²) in [5.74, 6) is 0. The molecule has 0 radical (unpaired) electrons. The molecule has 0 aliphatic heterocycles. The van der Waals surface area contributed by atoms with Crippen LogP contribution in [0, 0.1) is 16.2 Å². The Kier molecular flexibility index (Phi) is 4.16. The van der Waals surface area contributed by atoms with Crippen LogP contribution in [0.25, 0.3) is 5.57 Å². The van der Waals surface area contributed by atoms with E-state index in [9.17, 15) is 10.2 Å². The van der Waals surface area contributed by atoms with Crippen LogP contribution in [0.2, 0.25) is 5.02 Å². The van der Waals surface area contributed by atoms with E-state index in [1.54, 1.807) is 42.5 Å². The largest absolute Gasteiger partial charge is 0.192 e. The van der Waals surface area contributed by atoms with E-state index in [0.717, 1.165) is 5.56 Å². The van der Waals surface area contributed by atoms with Crippen LogP contribution in [0.15, 0.2) is 58.3 Å². The van der Waals surface area contributed by atoms with E-state index in [2.05, 4.69) is 11.2 Å². The quantitative estimate of drug-likeness (QED) is 0.597. The molecule has 1 aromatic rings. The molecule has 94 valence electrons. The highest BCUT2D eigenvalue weighted by molar-refractivity contribution is 6.31. The Bertz CT molecular complexity index is 636. The normalized spacial score (nSPS) is 20.5. The number of hydrogen-bond acceptors (Lipinski definition) is 3. The molecule has 1 aromatic carbocycles. The lowest BCUT2D eigenvalue weighted by molar-refractivity contribution is 0.982. The molecular formula is C14H8Cl2N2O. The van der Waals surface area contributed by atoms with Crippen molar-refractivity contribution in [2.45, 2.75) is 6.04 Å². The van der Waals surface area contributed by atoms with Gasteiger partial charge in [-0.3, -0.25) is 0 Å². The van der Waals surface area contributed by atoms with Crippen LogP contribution in [-0.2, 0) is 0 Å². The van der Waals surface area contributed by atoms with Gasteiger partial charge < -0.3 is 0 Å². The van der Waals surface area contributed by atoms with Crippen LogP contribution in [0.4, 0.5) is 0 Å². The second-order valence-electron chi connectivity index (χ2n) is 3.89. The first-order valence-corrected chi connectivity index (χ1v) is 6.19. The minimum atomic E-state index is -0.671. The molecule has 1 aliphatic carbocycles. The van der Waals surface area contributed by atoms with Crippen LogP contribution < -0.4 is 0 Å². The highest BCUT2D eigenvalue weighted by Crippen LogP contribution is 2.28. The van der Waals surface area contributed by atoms with Crippen molar-refractivity contribution in [2.75, 3.05) is 0 Å². The van der Waals surface area contributed by atoms with Crippen LogP contribution >= 0.6 is 23.2 Å². The first kappa shape index (κ1) is 13.5. The van der Waals surface area contributed by atoms with E-state index in [1.165, 1.54) is 0 Å². The van der Waals surface area contributed by atoms with Gasteiger partial charge in [0.2, 0.25) is 0 Å². The Morgan fingerprint density at radius 2 is 1.95 bits per heavy atom. The summed E-state index contributed by atoms with van der Waals surface area (Å²) in [7, 11) is 0. The molecule has 0 fully saturated rings. The van der Waals surface area contributed by atoms with Gasteiger partial charge in [-0.05, 0) is 29.3 Å². The number of halogens is 2. The average molecular weight is 291 g/mol. The zero-order chi connectivity index (χ0) is 13.8. The molecule has 2 rings (SSSR count). The number of nitriles is 1. The van der Waals surface area contributed by atoms with Gasteiger partial charge in [-0.2, -0.15) is 5.26 Å². The zero-order valence-corrected chi connectivity index (χ0v) is 11.2. The van der Waals surface area contributed by atoms with Crippen molar-refractivity contribution in [1.82, 2.24) is 0 Å². The number of hydrogen-bond donors (Lipinski definition) is 0. The monoisotopic (exact) mass is 290 g/mol. The van der Waals surface area contributed by atoms with Gasteiger partial charge in [-0.25, -0.2) is 0 Å². The fraction of sp³-hybridized carbons (Fsp3) is 0.0714. The minimum Gasteiger partial charge on any atom is -0.192 e. The Labute approximate surface area is 120 Å². The molecule has 0 heterocycles.